The van der Waals surface area contributed by atoms with E-state index in [0.717, 1.165) is 10.5 Å². The summed E-state index contributed by atoms with van der Waals surface area (Å²) in [7, 11) is -1.57. The number of piperazine rings is 1. The second-order valence-electron chi connectivity index (χ2n) is 6.50. The van der Waals surface area contributed by atoms with E-state index in [1.807, 2.05) is 37.4 Å². The molecule has 0 unspecified atom stereocenters. The molecule has 3 rings (SSSR count). The summed E-state index contributed by atoms with van der Waals surface area (Å²) in [6.45, 7) is 3.18. The number of quaternary nitrogens is 1. The Balaban J connectivity index is 1.50. The number of amides is 1. The maximum Gasteiger partial charge on any atom is 0.277 e. The largest absolute Gasteiger partial charge is 0.337 e. The van der Waals surface area contributed by atoms with E-state index < -0.39 is 10.0 Å². The number of rotatable bonds is 6. The molecule has 1 amide bonds. The smallest absolute Gasteiger partial charge is 0.277 e. The first-order chi connectivity index (χ1) is 12.5. The molecule has 8 heteroatoms. The van der Waals surface area contributed by atoms with Crippen molar-refractivity contribution >= 4 is 27.3 Å². The molecule has 1 fully saturated rings. The first-order valence-electron chi connectivity index (χ1n) is 8.62. The Morgan fingerprint density at radius 2 is 1.85 bits per heavy atom. The Bertz CT molecular complexity index is 815. The molecule has 0 bridgehead atoms. The maximum absolute atomic E-state index is 12.5. The zero-order valence-electron chi connectivity index (χ0n) is 14.8. The van der Waals surface area contributed by atoms with Crippen LogP contribution in [-0.4, -0.2) is 63.3 Å². The molecule has 1 aliphatic rings. The van der Waals surface area contributed by atoms with Crippen LogP contribution in [0.25, 0.3) is 0 Å². The molecule has 0 spiro atoms. The second-order valence-corrected chi connectivity index (χ2v) is 9.61. The van der Waals surface area contributed by atoms with Crippen molar-refractivity contribution in [2.24, 2.45) is 0 Å². The van der Waals surface area contributed by atoms with E-state index in [4.69, 9.17) is 0 Å². The van der Waals surface area contributed by atoms with E-state index >= 15 is 0 Å². The van der Waals surface area contributed by atoms with E-state index in [1.165, 1.54) is 15.6 Å². The Morgan fingerprint density at radius 3 is 2.46 bits per heavy atom. The summed E-state index contributed by atoms with van der Waals surface area (Å²) in [6, 6.07) is 13.3. The Kier molecular flexibility index (Phi) is 6.08. The minimum atomic E-state index is -3.38. The first-order valence-corrected chi connectivity index (χ1v) is 10.9. The number of thiophene rings is 1. The van der Waals surface area contributed by atoms with Crippen LogP contribution in [0.4, 0.5) is 0 Å². The van der Waals surface area contributed by atoms with Crippen LogP contribution in [-0.2, 0) is 21.4 Å². The highest BCUT2D eigenvalue weighted by molar-refractivity contribution is 7.91. The van der Waals surface area contributed by atoms with Crippen molar-refractivity contribution in [2.75, 3.05) is 39.8 Å². The van der Waals surface area contributed by atoms with Crippen LogP contribution in [0.1, 0.15) is 5.56 Å². The van der Waals surface area contributed by atoms with Crippen LogP contribution in [0, 0.1) is 0 Å². The number of likely N-dealkylation sites (N-methyl/N-ethyl adjacent to an activating group) is 1. The van der Waals surface area contributed by atoms with Gasteiger partial charge in [0.05, 0.1) is 26.2 Å². The fraction of sp³-hybridized carbons (Fsp3) is 0.389. The highest BCUT2D eigenvalue weighted by atomic mass is 32.2. The molecule has 2 aromatic rings. The van der Waals surface area contributed by atoms with Gasteiger partial charge in [0.25, 0.3) is 15.9 Å². The predicted octanol–water partition coefficient (Wildman–Crippen LogP) is 0.296. The van der Waals surface area contributed by atoms with E-state index in [-0.39, 0.29) is 5.91 Å². The van der Waals surface area contributed by atoms with Gasteiger partial charge in [-0.2, -0.15) is 4.31 Å². The lowest BCUT2D eigenvalue weighted by Gasteiger charge is -2.31. The van der Waals surface area contributed by atoms with Gasteiger partial charge in [0, 0.05) is 13.6 Å². The first kappa shape index (κ1) is 19.0. The predicted molar refractivity (Wildman–Crippen MR) is 102 cm³/mol. The number of carbonyl (C=O) groups excluding carboxylic acids is 1. The van der Waals surface area contributed by atoms with E-state index in [0.29, 0.717) is 43.5 Å². The minimum absolute atomic E-state index is 0.0819. The van der Waals surface area contributed by atoms with Crippen LogP contribution in [0.15, 0.2) is 52.1 Å². The molecule has 6 nitrogen and oxygen atoms in total. The van der Waals surface area contributed by atoms with Crippen molar-refractivity contribution in [3.05, 3.63) is 53.4 Å². The monoisotopic (exact) mass is 394 g/mol. The van der Waals surface area contributed by atoms with Crippen LogP contribution in [0.5, 0.6) is 0 Å². The van der Waals surface area contributed by atoms with Crippen molar-refractivity contribution in [3.63, 3.8) is 0 Å². The van der Waals surface area contributed by atoms with Crippen molar-refractivity contribution < 1.29 is 18.1 Å². The van der Waals surface area contributed by atoms with E-state index in [9.17, 15) is 13.2 Å². The minimum Gasteiger partial charge on any atom is -0.337 e. The molecule has 0 atom stereocenters. The summed E-state index contributed by atoms with van der Waals surface area (Å²) in [4.78, 5) is 15.3. The van der Waals surface area contributed by atoms with E-state index in [2.05, 4.69) is 0 Å². The standard InChI is InChI=1S/C18H23N3O3S2/c1-19(14-16-6-3-2-4-7-16)17(22)15-20-9-11-21(12-10-20)26(23,24)18-8-5-13-25-18/h2-8,13H,9-12,14-15H2,1H3/p+1. The number of hydrogen-bond acceptors (Lipinski definition) is 4. The van der Waals surface area contributed by atoms with E-state index in [1.54, 1.807) is 22.4 Å². The van der Waals surface area contributed by atoms with Gasteiger partial charge >= 0.3 is 0 Å². The maximum atomic E-state index is 12.5. The molecule has 2 heterocycles. The third-order valence-electron chi connectivity index (χ3n) is 4.61. The van der Waals surface area contributed by atoms with Gasteiger partial charge in [0.2, 0.25) is 0 Å². The summed E-state index contributed by atoms with van der Waals surface area (Å²) in [5.74, 6) is 0.0819. The lowest BCUT2D eigenvalue weighted by Crippen LogP contribution is -3.15. The Labute approximate surface area is 158 Å². The highest BCUT2D eigenvalue weighted by Gasteiger charge is 2.32. The average Bonchev–Trinajstić information content (AvgIpc) is 3.18. The molecular weight excluding hydrogens is 370 g/mol. The molecule has 140 valence electrons. The van der Waals surface area contributed by atoms with Crippen LogP contribution >= 0.6 is 11.3 Å². The molecule has 0 saturated carbocycles. The van der Waals surface area contributed by atoms with Crippen LogP contribution in [0.3, 0.4) is 0 Å². The normalized spacial score (nSPS) is 16.5. The van der Waals surface area contributed by atoms with Gasteiger partial charge in [0.1, 0.15) is 4.21 Å². The lowest BCUT2D eigenvalue weighted by molar-refractivity contribution is -0.896. The molecule has 0 radical (unpaired) electrons. The topological polar surface area (TPSA) is 62.1 Å². The van der Waals surface area contributed by atoms with Gasteiger partial charge in [-0.1, -0.05) is 36.4 Å². The zero-order chi connectivity index (χ0) is 18.6. The average molecular weight is 395 g/mol. The molecule has 1 saturated heterocycles. The fourth-order valence-electron chi connectivity index (χ4n) is 3.05. The van der Waals surface area contributed by atoms with Crippen LogP contribution < -0.4 is 4.90 Å². The number of benzene rings is 1. The number of nitrogens with one attached hydrogen (secondary N) is 1. The number of nitrogens with zero attached hydrogens (tertiary/aromatic N) is 2. The molecular formula is C18H24N3O3S2+. The molecule has 1 N–H and O–H groups in total. The number of carbonyl (C=O) groups is 1. The molecule has 26 heavy (non-hydrogen) atoms. The van der Waals surface area contributed by atoms with Crippen molar-refractivity contribution in [3.8, 4) is 0 Å². The zero-order valence-corrected chi connectivity index (χ0v) is 16.4. The summed E-state index contributed by atoms with van der Waals surface area (Å²) >= 11 is 1.24. The summed E-state index contributed by atoms with van der Waals surface area (Å²) in [6.07, 6.45) is 0. The fourth-order valence-corrected chi connectivity index (χ4v) is 5.64. The Morgan fingerprint density at radius 1 is 1.15 bits per heavy atom. The Hall–Kier alpha value is -1.74. The third kappa shape index (κ3) is 4.50. The summed E-state index contributed by atoms with van der Waals surface area (Å²) < 4.78 is 27.0. The molecule has 1 aromatic carbocycles. The third-order valence-corrected chi connectivity index (χ3v) is 7.88. The second kappa shape index (κ2) is 8.30. The SMILES string of the molecule is CN(Cc1ccccc1)C(=O)C[NH+]1CCN(S(=O)(=O)c2cccs2)CC1. The number of sulfonamides is 1. The molecule has 1 aliphatic heterocycles. The summed E-state index contributed by atoms with van der Waals surface area (Å²) in [5.41, 5.74) is 1.10. The van der Waals surface area contributed by atoms with Crippen molar-refractivity contribution in [2.45, 2.75) is 10.8 Å². The quantitative estimate of drug-likeness (QED) is 0.766. The van der Waals surface area contributed by atoms with Gasteiger partial charge in [-0.05, 0) is 17.0 Å². The lowest BCUT2D eigenvalue weighted by atomic mass is 10.2. The van der Waals surface area contributed by atoms with Gasteiger partial charge in [-0.3, -0.25) is 4.79 Å². The molecule has 1 aromatic heterocycles. The number of hydrogen-bond donors (Lipinski definition) is 1. The van der Waals surface area contributed by atoms with Crippen molar-refractivity contribution in [1.29, 1.82) is 0 Å². The summed E-state index contributed by atoms with van der Waals surface area (Å²) in [5, 5.41) is 1.77. The molecule has 0 aliphatic carbocycles. The van der Waals surface area contributed by atoms with Gasteiger partial charge < -0.3 is 9.80 Å². The van der Waals surface area contributed by atoms with Gasteiger partial charge in [0.15, 0.2) is 6.54 Å². The van der Waals surface area contributed by atoms with Crippen molar-refractivity contribution in [1.82, 2.24) is 9.21 Å². The van der Waals surface area contributed by atoms with Crippen LogP contribution in [0.2, 0.25) is 0 Å². The van der Waals surface area contributed by atoms with Gasteiger partial charge in [-0.25, -0.2) is 8.42 Å². The van der Waals surface area contributed by atoms with Gasteiger partial charge in [-0.15, -0.1) is 11.3 Å². The highest BCUT2D eigenvalue weighted by Crippen LogP contribution is 2.20.